The molecule has 25 heavy (non-hydrogen) atoms. The van der Waals surface area contributed by atoms with Gasteiger partial charge in [0.15, 0.2) is 0 Å². The van der Waals surface area contributed by atoms with Crippen LogP contribution in [0.15, 0.2) is 52.5 Å². The third-order valence-corrected chi connectivity index (χ3v) is 3.71. The molecule has 0 unspecified atom stereocenters. The first-order valence-electron chi connectivity index (χ1n) is 7.18. The minimum Gasteiger partial charge on any atom is -0.278 e. The van der Waals surface area contributed by atoms with E-state index in [1.807, 2.05) is 13.0 Å². The zero-order chi connectivity index (χ0) is 18.0. The molecule has 3 aromatic rings. The molecule has 0 aliphatic heterocycles. The van der Waals surface area contributed by atoms with E-state index in [2.05, 4.69) is 15.5 Å². The Morgan fingerprint density at radius 2 is 2.00 bits per heavy atom. The number of halogens is 1. The number of benzene rings is 1. The Kier molecular flexibility index (Phi) is 4.44. The second kappa shape index (κ2) is 6.70. The van der Waals surface area contributed by atoms with Gasteiger partial charge in [-0.15, -0.1) is 0 Å². The van der Waals surface area contributed by atoms with Gasteiger partial charge in [-0.05, 0) is 30.7 Å². The van der Waals surface area contributed by atoms with Crippen molar-refractivity contribution in [3.63, 3.8) is 0 Å². The van der Waals surface area contributed by atoms with Crippen LogP contribution in [0.25, 0.3) is 5.65 Å². The van der Waals surface area contributed by atoms with Crippen molar-refractivity contribution in [2.24, 2.45) is 5.10 Å². The number of anilines is 1. The van der Waals surface area contributed by atoms with Crippen LogP contribution in [0.2, 0.25) is 5.15 Å². The van der Waals surface area contributed by atoms with E-state index in [0.29, 0.717) is 11.3 Å². The Hall–Kier alpha value is -3.26. The second-order valence-corrected chi connectivity index (χ2v) is 5.59. The second-order valence-electron chi connectivity index (χ2n) is 5.23. The van der Waals surface area contributed by atoms with E-state index < -0.39 is 4.92 Å². The van der Waals surface area contributed by atoms with Crippen LogP contribution in [-0.2, 0) is 0 Å². The maximum Gasteiger partial charge on any atom is 0.269 e. The summed E-state index contributed by atoms with van der Waals surface area (Å²) < 4.78 is 1.40. The third kappa shape index (κ3) is 3.48. The van der Waals surface area contributed by atoms with Crippen LogP contribution in [0.1, 0.15) is 11.1 Å². The van der Waals surface area contributed by atoms with Crippen LogP contribution < -0.4 is 11.0 Å². The molecule has 0 amide bonds. The molecule has 0 atom stereocenters. The van der Waals surface area contributed by atoms with Gasteiger partial charge in [-0.25, -0.2) is 4.98 Å². The summed E-state index contributed by atoms with van der Waals surface area (Å²) >= 11 is 6.07. The molecule has 9 heteroatoms. The highest BCUT2D eigenvalue weighted by Gasteiger charge is 2.09. The summed E-state index contributed by atoms with van der Waals surface area (Å²) in [6, 6.07) is 9.25. The van der Waals surface area contributed by atoms with Gasteiger partial charge >= 0.3 is 0 Å². The average Bonchev–Trinajstić information content (AvgIpc) is 2.59. The number of nitro benzene ring substituents is 1. The molecule has 2 heterocycles. The number of hydrazone groups is 1. The Morgan fingerprint density at radius 1 is 1.28 bits per heavy atom. The predicted molar refractivity (Wildman–Crippen MR) is 95.5 cm³/mol. The van der Waals surface area contributed by atoms with Gasteiger partial charge in [-0.1, -0.05) is 17.7 Å². The van der Waals surface area contributed by atoms with Crippen molar-refractivity contribution in [3.8, 4) is 0 Å². The van der Waals surface area contributed by atoms with E-state index in [1.54, 1.807) is 12.3 Å². The van der Waals surface area contributed by atoms with E-state index in [0.717, 1.165) is 5.56 Å². The number of nitrogens with zero attached hydrogens (tertiary/aromatic N) is 4. The number of hydrogen-bond acceptors (Lipinski definition) is 6. The molecule has 2 aromatic heterocycles. The fraction of sp³-hybridized carbons (Fsp3) is 0.0625. The minimum atomic E-state index is -0.490. The Balaban J connectivity index is 1.88. The molecule has 1 N–H and O–H groups in total. The fourth-order valence-corrected chi connectivity index (χ4v) is 2.39. The van der Waals surface area contributed by atoms with Crippen LogP contribution in [0.3, 0.4) is 0 Å². The number of pyridine rings is 1. The van der Waals surface area contributed by atoms with Gasteiger partial charge in [-0.3, -0.25) is 24.7 Å². The zero-order valence-corrected chi connectivity index (χ0v) is 13.8. The molecule has 0 saturated carbocycles. The maximum atomic E-state index is 12.5. The molecule has 0 aliphatic rings. The first-order valence-corrected chi connectivity index (χ1v) is 7.55. The number of nitrogens with one attached hydrogen (secondary N) is 1. The van der Waals surface area contributed by atoms with E-state index >= 15 is 0 Å². The number of rotatable bonds is 4. The number of non-ortho nitro benzene ring substituents is 1. The number of hydrogen-bond donors (Lipinski definition) is 1. The van der Waals surface area contributed by atoms with Crippen molar-refractivity contribution in [3.05, 3.63) is 79.3 Å². The Bertz CT molecular complexity index is 1040. The van der Waals surface area contributed by atoms with Gasteiger partial charge in [0.2, 0.25) is 0 Å². The van der Waals surface area contributed by atoms with Crippen molar-refractivity contribution in [1.29, 1.82) is 0 Å². The van der Waals surface area contributed by atoms with Crippen molar-refractivity contribution in [2.75, 3.05) is 5.43 Å². The molecule has 0 aliphatic carbocycles. The first kappa shape index (κ1) is 16.6. The third-order valence-electron chi connectivity index (χ3n) is 3.42. The quantitative estimate of drug-likeness (QED) is 0.334. The largest absolute Gasteiger partial charge is 0.278 e. The van der Waals surface area contributed by atoms with Gasteiger partial charge in [0.25, 0.3) is 11.2 Å². The van der Waals surface area contributed by atoms with Crippen LogP contribution in [0.5, 0.6) is 0 Å². The molecule has 0 bridgehead atoms. The number of fused-ring (bicyclic) bond motifs is 1. The van der Waals surface area contributed by atoms with Gasteiger partial charge < -0.3 is 0 Å². The van der Waals surface area contributed by atoms with Gasteiger partial charge in [0.05, 0.1) is 22.4 Å². The van der Waals surface area contributed by atoms with Crippen LogP contribution >= 0.6 is 11.6 Å². The molecular formula is C16H12ClN5O3. The predicted octanol–water partition coefficient (Wildman–Crippen LogP) is 3.01. The van der Waals surface area contributed by atoms with Crippen molar-refractivity contribution >= 4 is 34.8 Å². The lowest BCUT2D eigenvalue weighted by Crippen LogP contribution is -2.20. The summed E-state index contributed by atoms with van der Waals surface area (Å²) in [6.45, 7) is 1.87. The van der Waals surface area contributed by atoms with Crippen LogP contribution in [-0.4, -0.2) is 20.5 Å². The van der Waals surface area contributed by atoms with E-state index in [-0.39, 0.29) is 22.0 Å². The Morgan fingerprint density at radius 3 is 2.68 bits per heavy atom. The summed E-state index contributed by atoms with van der Waals surface area (Å²) in [5.74, 6) is 0. The molecule has 3 rings (SSSR count). The van der Waals surface area contributed by atoms with E-state index in [4.69, 9.17) is 11.6 Å². The number of aromatic nitrogens is 2. The molecule has 0 spiro atoms. The summed E-state index contributed by atoms with van der Waals surface area (Å²) in [6.07, 6.45) is 2.94. The van der Waals surface area contributed by atoms with Crippen molar-refractivity contribution in [2.45, 2.75) is 6.92 Å². The van der Waals surface area contributed by atoms with Crippen LogP contribution in [0, 0.1) is 17.0 Å². The van der Waals surface area contributed by atoms with Gasteiger partial charge in [0.1, 0.15) is 10.8 Å². The minimum absolute atomic E-state index is 0.0232. The SMILES string of the molecule is Cc1ccc2nc(Cl)c(/C=N/Nc3ccc([N+](=O)[O-])cc3)c(=O)n2c1. The monoisotopic (exact) mass is 357 g/mol. The molecule has 126 valence electrons. The molecule has 0 fully saturated rings. The highest BCUT2D eigenvalue weighted by atomic mass is 35.5. The van der Waals surface area contributed by atoms with Gasteiger partial charge in [0, 0.05) is 18.3 Å². The lowest BCUT2D eigenvalue weighted by atomic mass is 10.3. The highest BCUT2D eigenvalue weighted by Crippen LogP contribution is 2.15. The highest BCUT2D eigenvalue weighted by molar-refractivity contribution is 6.32. The molecule has 0 radical (unpaired) electrons. The van der Waals surface area contributed by atoms with Crippen molar-refractivity contribution in [1.82, 2.24) is 9.38 Å². The average molecular weight is 358 g/mol. The lowest BCUT2D eigenvalue weighted by molar-refractivity contribution is -0.384. The summed E-state index contributed by atoms with van der Waals surface area (Å²) in [4.78, 5) is 26.8. The standard InChI is InChI=1S/C16H12ClN5O3/c1-10-2-7-14-19-15(17)13(16(23)21(14)9-10)8-18-20-11-3-5-12(6-4-11)22(24)25/h2-9,20H,1H3/b18-8+. The smallest absolute Gasteiger partial charge is 0.269 e. The van der Waals surface area contributed by atoms with Crippen LogP contribution in [0.4, 0.5) is 11.4 Å². The molecular weight excluding hydrogens is 346 g/mol. The fourth-order valence-electron chi connectivity index (χ4n) is 2.17. The van der Waals surface area contributed by atoms with Crippen molar-refractivity contribution < 1.29 is 4.92 Å². The maximum absolute atomic E-state index is 12.5. The molecule has 8 nitrogen and oxygen atoms in total. The summed E-state index contributed by atoms with van der Waals surface area (Å²) in [5, 5.41) is 14.6. The summed E-state index contributed by atoms with van der Waals surface area (Å²) in [5.41, 5.74) is 4.34. The topological polar surface area (TPSA) is 102 Å². The van der Waals surface area contributed by atoms with E-state index in [9.17, 15) is 14.9 Å². The first-order chi connectivity index (χ1) is 12.0. The lowest BCUT2D eigenvalue weighted by Gasteiger charge is -2.04. The molecule has 0 saturated heterocycles. The number of aryl methyl sites for hydroxylation is 1. The zero-order valence-electron chi connectivity index (χ0n) is 13.0. The van der Waals surface area contributed by atoms with Gasteiger partial charge in [-0.2, -0.15) is 5.10 Å². The van der Waals surface area contributed by atoms with E-state index in [1.165, 1.54) is 34.9 Å². The normalized spacial score (nSPS) is 11.1. The number of nitro groups is 1. The summed E-state index contributed by atoms with van der Waals surface area (Å²) in [7, 11) is 0. The molecule has 1 aromatic carbocycles. The Labute approximate surface area is 146 Å².